The summed E-state index contributed by atoms with van der Waals surface area (Å²) in [5.74, 6) is 1.97. The van der Waals surface area contributed by atoms with Crippen LogP contribution in [0.2, 0.25) is 0 Å². The van der Waals surface area contributed by atoms with E-state index in [-0.39, 0.29) is 11.8 Å². The highest BCUT2D eigenvalue weighted by molar-refractivity contribution is 5.81. The minimum absolute atomic E-state index is 0.187. The van der Waals surface area contributed by atoms with Crippen molar-refractivity contribution in [2.24, 2.45) is 23.2 Å². The van der Waals surface area contributed by atoms with E-state index < -0.39 is 0 Å². The van der Waals surface area contributed by atoms with E-state index in [2.05, 4.69) is 13.8 Å². The van der Waals surface area contributed by atoms with Crippen LogP contribution in [-0.2, 0) is 14.4 Å². The van der Waals surface area contributed by atoms with Gasteiger partial charge in [0.25, 0.3) is 0 Å². The van der Waals surface area contributed by atoms with Gasteiger partial charge in [0.05, 0.1) is 6.61 Å². The fourth-order valence-electron chi connectivity index (χ4n) is 4.79. The van der Waals surface area contributed by atoms with Gasteiger partial charge in [-0.3, -0.25) is 14.4 Å². The van der Waals surface area contributed by atoms with E-state index in [4.69, 9.17) is 4.84 Å². The van der Waals surface area contributed by atoms with Gasteiger partial charge in [-0.05, 0) is 76.0 Å². The van der Waals surface area contributed by atoms with Gasteiger partial charge < -0.3 is 0 Å². The molecule has 0 bridgehead atoms. The van der Waals surface area contributed by atoms with Crippen LogP contribution < -0.4 is 0 Å². The summed E-state index contributed by atoms with van der Waals surface area (Å²) in [6.07, 6.45) is 12.7. The first-order valence-electron chi connectivity index (χ1n) is 11.7. The minimum Gasteiger partial charge on any atom is -0.300 e. The van der Waals surface area contributed by atoms with Gasteiger partial charge in [-0.15, -0.1) is 0 Å². The van der Waals surface area contributed by atoms with Crippen LogP contribution in [0.3, 0.4) is 0 Å². The molecule has 0 aromatic heterocycles. The third kappa shape index (κ3) is 7.59. The van der Waals surface area contributed by atoms with Gasteiger partial charge in [0, 0.05) is 31.8 Å². The molecule has 0 radical (unpaired) electrons. The molecule has 0 amide bonds. The first kappa shape index (κ1) is 23.5. The van der Waals surface area contributed by atoms with Crippen LogP contribution in [0.1, 0.15) is 97.8 Å². The summed E-state index contributed by atoms with van der Waals surface area (Å²) in [4.78, 5) is 30.0. The Bertz CT molecular complexity index is 498. The highest BCUT2D eigenvalue weighted by atomic mass is 16.7. The van der Waals surface area contributed by atoms with Crippen LogP contribution in [-0.4, -0.2) is 36.8 Å². The van der Waals surface area contributed by atoms with Crippen LogP contribution in [0.5, 0.6) is 0 Å². The molecule has 2 aliphatic rings. The van der Waals surface area contributed by atoms with Crippen molar-refractivity contribution in [3.8, 4) is 0 Å². The standard InChI is InChI=1S/C24H43NO3/c1-19(26)20-9-7-10-21(15-14-20)23(27)13-5-6-17-25(4)28-18-16-24(2,3)22-11-8-12-22/h20-22H,5-18H2,1-4H3. The maximum atomic E-state index is 12.5. The molecular weight excluding hydrogens is 350 g/mol. The van der Waals surface area contributed by atoms with Gasteiger partial charge in [-0.2, -0.15) is 5.06 Å². The molecule has 28 heavy (non-hydrogen) atoms. The monoisotopic (exact) mass is 393 g/mol. The molecule has 0 N–H and O–H groups in total. The molecule has 0 heterocycles. The van der Waals surface area contributed by atoms with Crippen LogP contribution in [0, 0.1) is 23.2 Å². The van der Waals surface area contributed by atoms with Gasteiger partial charge in [0.2, 0.25) is 0 Å². The third-order valence-electron chi connectivity index (χ3n) is 7.41. The molecule has 4 heteroatoms. The lowest BCUT2D eigenvalue weighted by atomic mass is 9.66. The Morgan fingerprint density at radius 3 is 2.25 bits per heavy atom. The number of hydrogen-bond acceptors (Lipinski definition) is 4. The van der Waals surface area contributed by atoms with E-state index in [0.717, 1.165) is 70.4 Å². The van der Waals surface area contributed by atoms with E-state index in [1.54, 1.807) is 6.92 Å². The zero-order valence-corrected chi connectivity index (χ0v) is 18.8. The second-order valence-corrected chi connectivity index (χ2v) is 9.99. The second kappa shape index (κ2) is 11.4. The van der Waals surface area contributed by atoms with Crippen LogP contribution >= 0.6 is 0 Å². The van der Waals surface area contributed by atoms with Crippen molar-refractivity contribution in [3.05, 3.63) is 0 Å². The number of nitrogens with zero attached hydrogens (tertiary/aromatic N) is 1. The lowest BCUT2D eigenvalue weighted by molar-refractivity contribution is -0.149. The van der Waals surface area contributed by atoms with Crippen molar-refractivity contribution in [2.45, 2.75) is 97.8 Å². The van der Waals surface area contributed by atoms with E-state index in [0.29, 0.717) is 23.4 Å². The first-order valence-corrected chi connectivity index (χ1v) is 11.7. The molecule has 162 valence electrons. The number of hydrogen-bond donors (Lipinski definition) is 0. The highest BCUT2D eigenvalue weighted by Crippen LogP contribution is 2.43. The molecule has 0 aromatic carbocycles. The molecule has 2 aliphatic carbocycles. The molecule has 0 saturated heterocycles. The Labute approximate surface area is 172 Å². The topological polar surface area (TPSA) is 46.6 Å². The quantitative estimate of drug-likeness (QED) is 0.246. The Morgan fingerprint density at radius 1 is 0.964 bits per heavy atom. The number of Topliss-reactive ketones (excluding diaryl/α,β-unsaturated/α-hetero) is 2. The summed E-state index contributed by atoms with van der Waals surface area (Å²) < 4.78 is 0. The molecule has 2 saturated carbocycles. The fraction of sp³-hybridized carbons (Fsp3) is 0.917. The zero-order chi connectivity index (χ0) is 20.6. The Hall–Kier alpha value is -0.740. The first-order chi connectivity index (χ1) is 13.3. The van der Waals surface area contributed by atoms with E-state index in [1.165, 1.54) is 19.3 Å². The average molecular weight is 394 g/mol. The smallest absolute Gasteiger partial charge is 0.135 e. The van der Waals surface area contributed by atoms with Crippen LogP contribution in [0.15, 0.2) is 0 Å². The van der Waals surface area contributed by atoms with Gasteiger partial charge in [-0.25, -0.2) is 0 Å². The van der Waals surface area contributed by atoms with Crippen LogP contribution in [0.4, 0.5) is 0 Å². The third-order valence-corrected chi connectivity index (χ3v) is 7.41. The summed E-state index contributed by atoms with van der Waals surface area (Å²) in [5.41, 5.74) is 0.394. The molecule has 2 rings (SSSR count). The number of hydroxylamine groups is 2. The average Bonchev–Trinajstić information content (AvgIpc) is 2.82. The maximum Gasteiger partial charge on any atom is 0.135 e. The Kier molecular flexibility index (Phi) is 9.62. The van der Waals surface area contributed by atoms with Crippen molar-refractivity contribution in [1.82, 2.24) is 5.06 Å². The fourth-order valence-corrected chi connectivity index (χ4v) is 4.79. The maximum absolute atomic E-state index is 12.5. The summed E-state index contributed by atoms with van der Waals surface area (Å²) in [6, 6.07) is 0. The van der Waals surface area contributed by atoms with Gasteiger partial charge >= 0.3 is 0 Å². The van der Waals surface area contributed by atoms with Crippen molar-refractivity contribution >= 4 is 11.6 Å². The number of carbonyl (C=O) groups is 2. The number of rotatable bonds is 12. The molecule has 2 unspecified atom stereocenters. The molecule has 0 spiro atoms. The molecule has 2 fully saturated rings. The summed E-state index contributed by atoms with van der Waals surface area (Å²) in [6.45, 7) is 8.11. The molecular formula is C24H43NO3. The number of ketones is 2. The highest BCUT2D eigenvalue weighted by Gasteiger charge is 2.33. The molecule has 0 aliphatic heterocycles. The molecule has 4 nitrogen and oxygen atoms in total. The summed E-state index contributed by atoms with van der Waals surface area (Å²) in [5, 5.41) is 1.95. The van der Waals surface area contributed by atoms with E-state index in [1.807, 2.05) is 12.1 Å². The normalized spacial score (nSPS) is 24.0. The van der Waals surface area contributed by atoms with Gasteiger partial charge in [-0.1, -0.05) is 26.7 Å². The summed E-state index contributed by atoms with van der Waals surface area (Å²) in [7, 11) is 2.01. The van der Waals surface area contributed by atoms with Crippen molar-refractivity contribution in [1.29, 1.82) is 0 Å². The van der Waals surface area contributed by atoms with E-state index >= 15 is 0 Å². The number of unbranched alkanes of at least 4 members (excludes halogenated alkanes) is 1. The lowest BCUT2D eigenvalue weighted by Gasteiger charge is -2.40. The predicted octanol–water partition coefficient (Wildman–Crippen LogP) is 5.59. The molecule has 0 aromatic rings. The van der Waals surface area contributed by atoms with Gasteiger partial charge in [0.1, 0.15) is 11.6 Å². The van der Waals surface area contributed by atoms with Crippen LogP contribution in [0.25, 0.3) is 0 Å². The zero-order valence-electron chi connectivity index (χ0n) is 18.8. The number of carbonyl (C=O) groups excluding carboxylic acids is 2. The minimum atomic E-state index is 0.187. The second-order valence-electron chi connectivity index (χ2n) is 9.99. The SMILES string of the molecule is CC(=O)C1CCCC(C(=O)CCCCN(C)OCCC(C)(C)C2CCC2)CC1. The predicted molar refractivity (Wildman–Crippen MR) is 114 cm³/mol. The Morgan fingerprint density at radius 2 is 1.61 bits per heavy atom. The lowest BCUT2D eigenvalue weighted by Crippen LogP contribution is -2.32. The molecule has 2 atom stereocenters. The van der Waals surface area contributed by atoms with E-state index in [9.17, 15) is 9.59 Å². The Balaban J connectivity index is 1.54. The largest absolute Gasteiger partial charge is 0.300 e. The van der Waals surface area contributed by atoms with Gasteiger partial charge in [0.15, 0.2) is 0 Å². The summed E-state index contributed by atoms with van der Waals surface area (Å²) >= 11 is 0. The van der Waals surface area contributed by atoms with Crippen molar-refractivity contribution < 1.29 is 14.4 Å². The van der Waals surface area contributed by atoms with Crippen molar-refractivity contribution in [2.75, 3.05) is 20.2 Å². The van der Waals surface area contributed by atoms with Crippen molar-refractivity contribution in [3.63, 3.8) is 0 Å².